The van der Waals surface area contributed by atoms with Gasteiger partial charge in [-0.3, -0.25) is 4.79 Å². The number of amides is 1. The molecule has 0 atom stereocenters. The number of carbonyl (C=O) groups excluding carboxylic acids is 2. The van der Waals surface area contributed by atoms with Crippen molar-refractivity contribution in [1.29, 1.82) is 0 Å². The molecule has 140 valence electrons. The lowest BCUT2D eigenvalue weighted by Crippen LogP contribution is -2.21. The molecule has 6 nitrogen and oxygen atoms in total. The third kappa shape index (κ3) is 3.93. The zero-order chi connectivity index (χ0) is 19.6. The minimum atomic E-state index is -0.525. The lowest BCUT2D eigenvalue weighted by atomic mass is 10.1. The molecule has 1 aromatic carbocycles. The van der Waals surface area contributed by atoms with Crippen LogP contribution in [0.4, 0.5) is 5.69 Å². The van der Waals surface area contributed by atoms with Crippen LogP contribution in [0.1, 0.15) is 26.5 Å². The Hall–Kier alpha value is -2.93. The maximum atomic E-state index is 12.5. The van der Waals surface area contributed by atoms with Gasteiger partial charge in [0.1, 0.15) is 15.5 Å². The van der Waals surface area contributed by atoms with Crippen LogP contribution in [0.2, 0.25) is 0 Å². The molecule has 3 aromatic rings. The average molecular weight is 384 g/mol. The first-order valence-corrected chi connectivity index (χ1v) is 9.19. The predicted molar refractivity (Wildman–Crippen MR) is 106 cm³/mol. The first-order valence-electron chi connectivity index (χ1n) is 8.38. The van der Waals surface area contributed by atoms with Gasteiger partial charge in [0.2, 0.25) is 0 Å². The topological polar surface area (TPSA) is 77.5 Å². The minimum Gasteiger partial charge on any atom is -0.495 e. The molecule has 27 heavy (non-hydrogen) atoms. The van der Waals surface area contributed by atoms with Crippen LogP contribution in [0.3, 0.4) is 0 Å². The first kappa shape index (κ1) is 18.8. The second-order valence-corrected chi connectivity index (χ2v) is 7.14. The number of pyridine rings is 1. The zero-order valence-corrected chi connectivity index (χ0v) is 16.4. The van der Waals surface area contributed by atoms with Gasteiger partial charge < -0.3 is 14.8 Å². The fraction of sp³-hybridized carbons (Fsp3) is 0.250. The number of carbonyl (C=O) groups is 2. The molecule has 0 saturated carbocycles. The fourth-order valence-electron chi connectivity index (χ4n) is 2.94. The Kier molecular flexibility index (Phi) is 5.41. The van der Waals surface area contributed by atoms with Gasteiger partial charge in [-0.15, -0.1) is 11.3 Å². The van der Waals surface area contributed by atoms with E-state index in [0.717, 1.165) is 27.0 Å². The molecule has 0 unspecified atom stereocenters. The summed E-state index contributed by atoms with van der Waals surface area (Å²) >= 11 is 1.28. The van der Waals surface area contributed by atoms with Gasteiger partial charge in [0, 0.05) is 11.1 Å². The second kappa shape index (κ2) is 7.75. The van der Waals surface area contributed by atoms with Crippen LogP contribution >= 0.6 is 11.3 Å². The molecule has 0 radical (unpaired) electrons. The largest absolute Gasteiger partial charge is 0.495 e. The standard InChI is InChI=1S/C20H20N2O4S/c1-11-9-12(2)21-19-17(11)13(3)18(27-19)20(24)26-10-16(23)22-14-7-5-6-8-15(14)25-4/h5-9H,10H2,1-4H3,(H,22,23). The van der Waals surface area contributed by atoms with Gasteiger partial charge in [0.15, 0.2) is 6.61 Å². The van der Waals surface area contributed by atoms with Crippen molar-refractivity contribution in [2.45, 2.75) is 20.8 Å². The normalized spacial score (nSPS) is 10.7. The molecule has 2 aromatic heterocycles. The van der Waals surface area contributed by atoms with Gasteiger partial charge in [-0.2, -0.15) is 0 Å². The maximum Gasteiger partial charge on any atom is 0.349 e. The SMILES string of the molecule is COc1ccccc1NC(=O)COC(=O)c1sc2nc(C)cc(C)c2c1C. The summed E-state index contributed by atoms with van der Waals surface area (Å²) in [6, 6.07) is 9.02. The van der Waals surface area contributed by atoms with E-state index in [1.54, 1.807) is 24.3 Å². The Labute approximate surface area is 161 Å². The first-order chi connectivity index (χ1) is 12.9. The zero-order valence-electron chi connectivity index (χ0n) is 15.6. The maximum absolute atomic E-state index is 12.5. The molecule has 0 saturated heterocycles. The van der Waals surface area contributed by atoms with E-state index in [0.29, 0.717) is 16.3 Å². The van der Waals surface area contributed by atoms with Crippen molar-refractivity contribution >= 4 is 39.1 Å². The number of nitrogens with zero attached hydrogens (tertiary/aromatic N) is 1. The van der Waals surface area contributed by atoms with Crippen LogP contribution in [0.5, 0.6) is 5.75 Å². The Balaban J connectivity index is 1.71. The van der Waals surface area contributed by atoms with Crippen LogP contribution in [-0.4, -0.2) is 30.6 Å². The second-order valence-electron chi connectivity index (χ2n) is 6.14. The van der Waals surface area contributed by atoms with Crippen LogP contribution < -0.4 is 10.1 Å². The third-order valence-corrected chi connectivity index (χ3v) is 5.29. The van der Waals surface area contributed by atoms with Gasteiger partial charge in [-0.25, -0.2) is 9.78 Å². The van der Waals surface area contributed by atoms with Gasteiger partial charge >= 0.3 is 5.97 Å². The average Bonchev–Trinajstić information content (AvgIpc) is 2.96. The monoisotopic (exact) mass is 384 g/mol. The number of hydrogen-bond acceptors (Lipinski definition) is 6. The molecule has 0 aliphatic carbocycles. The van der Waals surface area contributed by atoms with Crippen LogP contribution in [0.25, 0.3) is 10.2 Å². The summed E-state index contributed by atoms with van der Waals surface area (Å²) in [4.78, 5) is 30.3. The van der Waals surface area contributed by atoms with Crippen molar-refractivity contribution in [3.05, 3.63) is 52.0 Å². The van der Waals surface area contributed by atoms with E-state index >= 15 is 0 Å². The number of ether oxygens (including phenoxy) is 2. The number of fused-ring (bicyclic) bond motifs is 1. The number of rotatable bonds is 5. The van der Waals surface area contributed by atoms with Crippen molar-refractivity contribution in [3.63, 3.8) is 0 Å². The van der Waals surface area contributed by atoms with E-state index in [1.807, 2.05) is 26.8 Å². The summed E-state index contributed by atoms with van der Waals surface area (Å²) < 4.78 is 10.4. The highest BCUT2D eigenvalue weighted by Crippen LogP contribution is 2.32. The smallest absolute Gasteiger partial charge is 0.349 e. The summed E-state index contributed by atoms with van der Waals surface area (Å²) in [6.07, 6.45) is 0. The Morgan fingerprint density at radius 3 is 2.67 bits per heavy atom. The number of anilines is 1. The number of benzene rings is 1. The van der Waals surface area contributed by atoms with E-state index in [1.165, 1.54) is 18.4 Å². The predicted octanol–water partition coefficient (Wildman–Crippen LogP) is 4.03. The van der Waals surface area contributed by atoms with E-state index < -0.39 is 11.9 Å². The highest BCUT2D eigenvalue weighted by Gasteiger charge is 2.20. The summed E-state index contributed by atoms with van der Waals surface area (Å²) in [5.41, 5.74) is 3.32. The number of hydrogen-bond donors (Lipinski definition) is 1. The molecule has 0 aliphatic heterocycles. The number of esters is 1. The third-order valence-electron chi connectivity index (χ3n) is 4.13. The summed E-state index contributed by atoms with van der Waals surface area (Å²) in [5.74, 6) is -0.422. The van der Waals surface area contributed by atoms with E-state index in [2.05, 4.69) is 10.3 Å². The van der Waals surface area contributed by atoms with Crippen molar-refractivity contribution in [3.8, 4) is 5.75 Å². The molecule has 3 rings (SSSR count). The number of para-hydroxylation sites is 2. The molecular formula is C20H20N2O4S. The number of methoxy groups -OCH3 is 1. The number of aromatic nitrogens is 1. The summed E-state index contributed by atoms with van der Waals surface area (Å²) in [7, 11) is 1.52. The van der Waals surface area contributed by atoms with Crippen molar-refractivity contribution in [2.75, 3.05) is 19.0 Å². The van der Waals surface area contributed by atoms with Gasteiger partial charge in [-0.1, -0.05) is 12.1 Å². The number of nitrogens with one attached hydrogen (secondary N) is 1. The van der Waals surface area contributed by atoms with Crippen LogP contribution in [0, 0.1) is 20.8 Å². The van der Waals surface area contributed by atoms with Crippen LogP contribution in [0.15, 0.2) is 30.3 Å². The molecule has 0 bridgehead atoms. The summed E-state index contributed by atoms with van der Waals surface area (Å²) in [5, 5.41) is 3.64. The molecule has 0 fully saturated rings. The highest BCUT2D eigenvalue weighted by atomic mass is 32.1. The Bertz CT molecular complexity index is 1030. The lowest BCUT2D eigenvalue weighted by Gasteiger charge is -2.10. The highest BCUT2D eigenvalue weighted by molar-refractivity contribution is 7.20. The number of thiophene rings is 1. The lowest BCUT2D eigenvalue weighted by molar-refractivity contribution is -0.119. The van der Waals surface area contributed by atoms with E-state index in [-0.39, 0.29) is 6.61 Å². The molecule has 1 amide bonds. The molecule has 0 aliphatic rings. The van der Waals surface area contributed by atoms with Gasteiger partial charge in [0.05, 0.1) is 12.8 Å². The van der Waals surface area contributed by atoms with E-state index in [4.69, 9.17) is 9.47 Å². The summed E-state index contributed by atoms with van der Waals surface area (Å²) in [6.45, 7) is 5.40. The fourth-order valence-corrected chi connectivity index (χ4v) is 4.14. The van der Waals surface area contributed by atoms with E-state index in [9.17, 15) is 9.59 Å². The quantitative estimate of drug-likeness (QED) is 0.672. The van der Waals surface area contributed by atoms with Gasteiger partial charge in [0.25, 0.3) is 5.91 Å². The molecule has 0 spiro atoms. The Morgan fingerprint density at radius 1 is 1.19 bits per heavy atom. The molecule has 1 N–H and O–H groups in total. The van der Waals surface area contributed by atoms with Crippen LogP contribution in [-0.2, 0) is 9.53 Å². The van der Waals surface area contributed by atoms with Crippen molar-refractivity contribution < 1.29 is 19.1 Å². The minimum absolute atomic E-state index is 0.379. The molecule has 7 heteroatoms. The van der Waals surface area contributed by atoms with Gasteiger partial charge in [-0.05, 0) is 50.1 Å². The molecular weight excluding hydrogens is 364 g/mol. The molecule has 2 heterocycles. The van der Waals surface area contributed by atoms with Crippen molar-refractivity contribution in [1.82, 2.24) is 4.98 Å². The van der Waals surface area contributed by atoms with Crippen molar-refractivity contribution in [2.24, 2.45) is 0 Å². The Morgan fingerprint density at radius 2 is 1.93 bits per heavy atom. The number of aryl methyl sites for hydroxylation is 3.